The van der Waals surface area contributed by atoms with Gasteiger partial charge >= 0.3 is 0 Å². The molecule has 2 N–H and O–H groups in total. The monoisotopic (exact) mass is 249 g/mol. The lowest BCUT2D eigenvalue weighted by Gasteiger charge is -2.15. The van der Waals surface area contributed by atoms with Gasteiger partial charge in [-0.2, -0.15) is 5.21 Å². The maximum absolute atomic E-state index is 12.2. The molecule has 0 spiro atoms. The molecular formula is C12H19N5O. The quantitative estimate of drug-likeness (QED) is 0.821. The summed E-state index contributed by atoms with van der Waals surface area (Å²) >= 11 is 0. The molecule has 1 heterocycles. The first-order chi connectivity index (χ1) is 8.81. The van der Waals surface area contributed by atoms with Crippen molar-refractivity contribution in [3.63, 3.8) is 0 Å². The Kier molecular flexibility index (Phi) is 3.01. The summed E-state index contributed by atoms with van der Waals surface area (Å²) in [5.74, 6) is 2.34. The Labute approximate surface area is 106 Å². The number of aromatic nitrogens is 4. The fraction of sp³-hybridized carbons (Fsp3) is 0.833. The second-order valence-electron chi connectivity index (χ2n) is 5.40. The topological polar surface area (TPSA) is 83.6 Å². The van der Waals surface area contributed by atoms with E-state index in [1.54, 1.807) is 0 Å². The Morgan fingerprint density at radius 2 is 2.28 bits per heavy atom. The second kappa shape index (κ2) is 4.66. The van der Waals surface area contributed by atoms with Crippen LogP contribution in [-0.4, -0.2) is 26.5 Å². The minimum atomic E-state index is -0.0948. The molecule has 98 valence electrons. The number of aromatic amines is 1. The molecule has 4 atom stereocenters. The number of nitrogens with one attached hydrogen (secondary N) is 2. The lowest BCUT2D eigenvalue weighted by molar-refractivity contribution is -0.124. The van der Waals surface area contributed by atoms with Crippen LogP contribution in [0.4, 0.5) is 0 Å². The Morgan fingerprint density at radius 1 is 1.50 bits per heavy atom. The van der Waals surface area contributed by atoms with Crippen molar-refractivity contribution < 1.29 is 4.79 Å². The number of hydrogen-bond donors (Lipinski definition) is 2. The first-order valence-electron chi connectivity index (χ1n) is 6.85. The van der Waals surface area contributed by atoms with E-state index < -0.39 is 0 Å². The predicted octanol–water partition coefficient (Wildman–Crippen LogP) is 1.20. The summed E-state index contributed by atoms with van der Waals surface area (Å²) in [4.78, 5) is 12.2. The van der Waals surface area contributed by atoms with Crippen molar-refractivity contribution >= 4 is 5.91 Å². The summed E-state index contributed by atoms with van der Waals surface area (Å²) in [5, 5.41) is 17.1. The highest BCUT2D eigenvalue weighted by Gasteiger charge is 2.56. The fourth-order valence-corrected chi connectivity index (χ4v) is 3.35. The molecule has 2 aliphatic carbocycles. The molecule has 2 saturated carbocycles. The van der Waals surface area contributed by atoms with E-state index >= 15 is 0 Å². The average Bonchev–Trinajstić information content (AvgIpc) is 2.81. The summed E-state index contributed by atoms with van der Waals surface area (Å²) in [6.07, 6.45) is 5.58. The highest BCUT2D eigenvalue weighted by Crippen LogP contribution is 2.57. The molecule has 18 heavy (non-hydrogen) atoms. The molecule has 2 fully saturated rings. The molecule has 1 amide bonds. The molecule has 1 unspecified atom stereocenters. The Hall–Kier alpha value is -1.46. The van der Waals surface area contributed by atoms with Crippen molar-refractivity contribution in [3.05, 3.63) is 5.82 Å². The van der Waals surface area contributed by atoms with Gasteiger partial charge in [0.25, 0.3) is 0 Å². The normalized spacial score (nSPS) is 30.8. The van der Waals surface area contributed by atoms with Gasteiger partial charge in [-0.25, -0.2) is 0 Å². The van der Waals surface area contributed by atoms with Crippen LogP contribution in [-0.2, 0) is 4.79 Å². The second-order valence-corrected chi connectivity index (χ2v) is 5.40. The van der Waals surface area contributed by atoms with Crippen molar-refractivity contribution in [1.82, 2.24) is 25.9 Å². The van der Waals surface area contributed by atoms with E-state index in [-0.39, 0.29) is 17.9 Å². The van der Waals surface area contributed by atoms with E-state index in [0.717, 1.165) is 12.8 Å². The van der Waals surface area contributed by atoms with Crippen LogP contribution < -0.4 is 5.32 Å². The van der Waals surface area contributed by atoms with Crippen LogP contribution in [0.2, 0.25) is 0 Å². The molecule has 3 rings (SSSR count). The van der Waals surface area contributed by atoms with Gasteiger partial charge in [-0.15, -0.1) is 10.2 Å². The Bertz CT molecular complexity index is 408. The van der Waals surface area contributed by atoms with Gasteiger partial charge in [0.2, 0.25) is 5.91 Å². The third kappa shape index (κ3) is 2.00. The summed E-state index contributed by atoms with van der Waals surface area (Å²) in [6.45, 7) is 2.09. The summed E-state index contributed by atoms with van der Waals surface area (Å²) < 4.78 is 0. The van der Waals surface area contributed by atoms with Gasteiger partial charge in [0, 0.05) is 5.92 Å². The molecule has 0 saturated heterocycles. The lowest BCUT2D eigenvalue weighted by atomic mass is 10.1. The van der Waals surface area contributed by atoms with Gasteiger partial charge in [0.1, 0.15) is 0 Å². The molecule has 2 aliphatic rings. The zero-order valence-corrected chi connectivity index (χ0v) is 10.6. The third-order valence-electron chi connectivity index (χ3n) is 4.28. The maximum atomic E-state index is 12.2. The van der Waals surface area contributed by atoms with Crippen LogP contribution >= 0.6 is 0 Å². The van der Waals surface area contributed by atoms with Crippen LogP contribution in [0.1, 0.15) is 50.9 Å². The summed E-state index contributed by atoms with van der Waals surface area (Å²) in [6, 6.07) is -0.0948. The number of amides is 1. The SMILES string of the molecule is CCC[C@@H](NC(=O)C1[C@H]2CCC[C@@H]12)c1nn[nH]n1. The van der Waals surface area contributed by atoms with Crippen LogP contribution in [0.3, 0.4) is 0 Å². The van der Waals surface area contributed by atoms with Crippen molar-refractivity contribution in [2.45, 2.75) is 45.1 Å². The summed E-state index contributed by atoms with van der Waals surface area (Å²) in [5.41, 5.74) is 0. The first kappa shape index (κ1) is 11.6. The molecule has 1 aromatic rings. The van der Waals surface area contributed by atoms with Crippen LogP contribution in [0.15, 0.2) is 0 Å². The van der Waals surface area contributed by atoms with Crippen molar-refractivity contribution in [2.24, 2.45) is 17.8 Å². The number of fused-ring (bicyclic) bond motifs is 1. The molecule has 0 aliphatic heterocycles. The van der Waals surface area contributed by atoms with Gasteiger partial charge in [0.15, 0.2) is 5.82 Å². The molecule has 6 heteroatoms. The van der Waals surface area contributed by atoms with Crippen molar-refractivity contribution in [2.75, 3.05) is 0 Å². The Balaban J connectivity index is 1.61. The Morgan fingerprint density at radius 3 is 2.89 bits per heavy atom. The molecule has 0 aromatic carbocycles. The molecule has 1 aromatic heterocycles. The van der Waals surface area contributed by atoms with Gasteiger partial charge < -0.3 is 5.32 Å². The predicted molar refractivity (Wildman–Crippen MR) is 64.3 cm³/mol. The zero-order chi connectivity index (χ0) is 12.5. The largest absolute Gasteiger partial charge is 0.346 e. The van der Waals surface area contributed by atoms with Crippen LogP contribution in [0, 0.1) is 17.8 Å². The molecular weight excluding hydrogens is 230 g/mol. The van der Waals surface area contributed by atoms with E-state index in [2.05, 4.69) is 32.9 Å². The van der Waals surface area contributed by atoms with E-state index in [0.29, 0.717) is 17.7 Å². The number of nitrogens with zero attached hydrogens (tertiary/aromatic N) is 3. The van der Waals surface area contributed by atoms with E-state index in [4.69, 9.17) is 0 Å². The minimum Gasteiger partial charge on any atom is -0.346 e. The third-order valence-corrected chi connectivity index (χ3v) is 4.28. The van der Waals surface area contributed by atoms with Crippen molar-refractivity contribution in [1.29, 1.82) is 0 Å². The van der Waals surface area contributed by atoms with E-state index in [9.17, 15) is 4.79 Å². The standard InChI is InChI=1S/C12H19N5O/c1-2-4-9(11-14-16-17-15-11)13-12(18)10-7-5-3-6-8(7)10/h7-10H,2-6H2,1H3,(H,13,18)(H,14,15,16,17)/t7-,8+,9-,10?/m1/s1. The zero-order valence-electron chi connectivity index (χ0n) is 10.6. The number of H-pyrrole nitrogens is 1. The first-order valence-corrected chi connectivity index (χ1v) is 6.85. The number of carbonyl (C=O) groups is 1. The smallest absolute Gasteiger partial charge is 0.224 e. The molecule has 0 radical (unpaired) electrons. The number of hydrogen-bond acceptors (Lipinski definition) is 4. The van der Waals surface area contributed by atoms with Gasteiger partial charge in [-0.05, 0) is 31.1 Å². The molecule has 6 nitrogen and oxygen atoms in total. The highest BCUT2D eigenvalue weighted by molar-refractivity contribution is 5.82. The fourth-order valence-electron chi connectivity index (χ4n) is 3.35. The summed E-state index contributed by atoms with van der Waals surface area (Å²) in [7, 11) is 0. The van der Waals surface area contributed by atoms with E-state index in [1.165, 1.54) is 19.3 Å². The van der Waals surface area contributed by atoms with Gasteiger partial charge in [-0.3, -0.25) is 4.79 Å². The van der Waals surface area contributed by atoms with Crippen LogP contribution in [0.5, 0.6) is 0 Å². The average molecular weight is 249 g/mol. The van der Waals surface area contributed by atoms with Gasteiger partial charge in [0.05, 0.1) is 6.04 Å². The van der Waals surface area contributed by atoms with E-state index in [1.807, 2.05) is 0 Å². The number of carbonyl (C=O) groups excluding carboxylic acids is 1. The maximum Gasteiger partial charge on any atom is 0.224 e. The van der Waals surface area contributed by atoms with Crippen LogP contribution in [0.25, 0.3) is 0 Å². The molecule has 0 bridgehead atoms. The minimum absolute atomic E-state index is 0.0948. The highest BCUT2D eigenvalue weighted by atomic mass is 16.2. The number of rotatable bonds is 5. The number of tetrazole rings is 1. The van der Waals surface area contributed by atoms with Crippen molar-refractivity contribution in [3.8, 4) is 0 Å². The van der Waals surface area contributed by atoms with Gasteiger partial charge in [-0.1, -0.05) is 25.0 Å². The lowest BCUT2D eigenvalue weighted by Crippen LogP contribution is -2.31.